The molecule has 1 aromatic heterocycles. The summed E-state index contributed by atoms with van der Waals surface area (Å²) in [5.74, 6) is 1.68. The van der Waals surface area contributed by atoms with E-state index in [2.05, 4.69) is 11.4 Å². The molecule has 2 aliphatic rings. The van der Waals surface area contributed by atoms with Crippen LogP contribution in [-0.2, 0) is 24.3 Å². The molecule has 4 rings (SSSR count). The first-order valence-corrected chi connectivity index (χ1v) is 8.99. The number of hydrogen-bond donors (Lipinski definition) is 1. The van der Waals surface area contributed by atoms with Crippen LogP contribution in [0.15, 0.2) is 24.4 Å². The van der Waals surface area contributed by atoms with Crippen LogP contribution < -0.4 is 14.8 Å². The van der Waals surface area contributed by atoms with E-state index >= 15 is 0 Å². The number of amides is 1. The number of fused-ring (bicyclic) bond motifs is 2. The molecule has 1 aliphatic heterocycles. The summed E-state index contributed by atoms with van der Waals surface area (Å²) in [4.78, 5) is 13.5. The molecule has 0 fully saturated rings. The third-order valence-corrected chi connectivity index (χ3v) is 4.95. The van der Waals surface area contributed by atoms with Gasteiger partial charge in [-0.3, -0.25) is 9.48 Å². The summed E-state index contributed by atoms with van der Waals surface area (Å²) in [7, 11) is 3.53. The van der Waals surface area contributed by atoms with Gasteiger partial charge in [-0.2, -0.15) is 5.10 Å². The monoisotopic (exact) mass is 356 g/mol. The standard InChI is InChI=1S/C19H24N4O3/c1-22(2)17(24)11-23-10-14-6-3-7-15(18(14)21-23)20-9-13-5-4-8-16-19(13)26-12-25-16/h4-5,8,10,15,20H,3,6-7,9,11-12H2,1-2H3. The van der Waals surface area contributed by atoms with Gasteiger partial charge in [0, 0.05) is 32.4 Å². The molecule has 26 heavy (non-hydrogen) atoms. The Morgan fingerprint density at radius 1 is 1.38 bits per heavy atom. The van der Waals surface area contributed by atoms with Crippen molar-refractivity contribution in [1.82, 2.24) is 20.0 Å². The average molecular weight is 356 g/mol. The normalized spacial score (nSPS) is 17.8. The van der Waals surface area contributed by atoms with Crippen LogP contribution in [0.4, 0.5) is 0 Å². The van der Waals surface area contributed by atoms with Crippen LogP contribution in [-0.4, -0.2) is 41.5 Å². The van der Waals surface area contributed by atoms with E-state index in [-0.39, 0.29) is 25.3 Å². The number of aryl methyl sites for hydroxylation is 1. The summed E-state index contributed by atoms with van der Waals surface area (Å²) in [6.45, 7) is 1.26. The number of likely N-dealkylation sites (N-methyl/N-ethyl adjacent to an activating group) is 1. The summed E-state index contributed by atoms with van der Waals surface area (Å²) in [6, 6.07) is 6.15. The van der Waals surface area contributed by atoms with Crippen molar-refractivity contribution in [1.29, 1.82) is 0 Å². The van der Waals surface area contributed by atoms with Gasteiger partial charge in [0.25, 0.3) is 0 Å². The molecule has 7 heteroatoms. The predicted molar refractivity (Wildman–Crippen MR) is 96.0 cm³/mol. The summed E-state index contributed by atoms with van der Waals surface area (Å²) >= 11 is 0. The van der Waals surface area contributed by atoms with E-state index in [1.54, 1.807) is 23.7 Å². The quantitative estimate of drug-likeness (QED) is 0.886. The molecular weight excluding hydrogens is 332 g/mol. The van der Waals surface area contributed by atoms with Gasteiger partial charge in [-0.25, -0.2) is 0 Å². The Hall–Kier alpha value is -2.54. The van der Waals surface area contributed by atoms with Crippen LogP contribution in [0, 0.1) is 0 Å². The van der Waals surface area contributed by atoms with Crippen molar-refractivity contribution in [3.05, 3.63) is 41.2 Å². The third kappa shape index (κ3) is 3.26. The van der Waals surface area contributed by atoms with Gasteiger partial charge < -0.3 is 19.7 Å². The summed E-state index contributed by atoms with van der Waals surface area (Å²) < 4.78 is 12.8. The smallest absolute Gasteiger partial charge is 0.243 e. The maximum absolute atomic E-state index is 11.9. The fourth-order valence-electron chi connectivity index (χ4n) is 3.52. The first kappa shape index (κ1) is 16.9. The highest BCUT2D eigenvalue weighted by Crippen LogP contribution is 2.36. The van der Waals surface area contributed by atoms with Crippen molar-refractivity contribution >= 4 is 5.91 Å². The highest BCUT2D eigenvalue weighted by molar-refractivity contribution is 5.75. The number of nitrogens with one attached hydrogen (secondary N) is 1. The number of carbonyl (C=O) groups excluding carboxylic acids is 1. The number of rotatable bonds is 5. The molecule has 1 aliphatic carbocycles. The van der Waals surface area contributed by atoms with Crippen molar-refractivity contribution in [3.63, 3.8) is 0 Å². The second-order valence-corrected chi connectivity index (χ2v) is 7.00. The molecule has 2 aromatic rings. The van der Waals surface area contributed by atoms with E-state index in [0.29, 0.717) is 6.54 Å². The van der Waals surface area contributed by atoms with Crippen LogP contribution in [0.5, 0.6) is 11.5 Å². The van der Waals surface area contributed by atoms with Crippen molar-refractivity contribution in [2.75, 3.05) is 20.9 Å². The molecule has 0 bridgehead atoms. The Morgan fingerprint density at radius 3 is 3.12 bits per heavy atom. The molecule has 1 N–H and O–H groups in total. The minimum Gasteiger partial charge on any atom is -0.454 e. The molecular formula is C19H24N4O3. The lowest BCUT2D eigenvalue weighted by Gasteiger charge is -2.22. The Kier molecular flexibility index (Phi) is 4.55. The Balaban J connectivity index is 1.47. The van der Waals surface area contributed by atoms with Crippen molar-refractivity contribution in [2.45, 2.75) is 38.4 Å². The zero-order valence-corrected chi connectivity index (χ0v) is 15.2. The lowest BCUT2D eigenvalue weighted by Crippen LogP contribution is -2.27. The van der Waals surface area contributed by atoms with Gasteiger partial charge in [0.05, 0.1) is 11.7 Å². The molecule has 0 saturated carbocycles. The van der Waals surface area contributed by atoms with Crippen LogP contribution in [0.25, 0.3) is 0 Å². The zero-order valence-electron chi connectivity index (χ0n) is 15.2. The Morgan fingerprint density at radius 2 is 2.27 bits per heavy atom. The van der Waals surface area contributed by atoms with Gasteiger partial charge >= 0.3 is 0 Å². The van der Waals surface area contributed by atoms with E-state index in [9.17, 15) is 4.79 Å². The van der Waals surface area contributed by atoms with Crippen LogP contribution >= 0.6 is 0 Å². The molecule has 0 radical (unpaired) electrons. The van der Waals surface area contributed by atoms with Crippen LogP contribution in [0.3, 0.4) is 0 Å². The predicted octanol–water partition coefficient (Wildman–Crippen LogP) is 1.87. The Bertz CT molecular complexity index is 815. The van der Waals surface area contributed by atoms with E-state index in [1.807, 2.05) is 18.3 Å². The fourth-order valence-corrected chi connectivity index (χ4v) is 3.52. The molecule has 0 spiro atoms. The van der Waals surface area contributed by atoms with Crippen molar-refractivity contribution < 1.29 is 14.3 Å². The van der Waals surface area contributed by atoms with E-state index in [1.165, 1.54) is 5.56 Å². The average Bonchev–Trinajstić information content (AvgIpc) is 3.26. The van der Waals surface area contributed by atoms with Gasteiger partial charge in [0.15, 0.2) is 11.5 Å². The number of hydrogen-bond acceptors (Lipinski definition) is 5. The van der Waals surface area contributed by atoms with E-state index < -0.39 is 0 Å². The maximum atomic E-state index is 11.9. The minimum atomic E-state index is 0.0475. The van der Waals surface area contributed by atoms with E-state index in [4.69, 9.17) is 14.6 Å². The summed E-state index contributed by atoms with van der Waals surface area (Å²) in [5, 5.41) is 8.30. The van der Waals surface area contributed by atoms with Crippen LogP contribution in [0.1, 0.15) is 35.7 Å². The summed E-state index contributed by atoms with van der Waals surface area (Å²) in [5.41, 5.74) is 3.39. The molecule has 1 atom stereocenters. The first-order valence-electron chi connectivity index (χ1n) is 8.99. The number of para-hydroxylation sites is 1. The molecule has 1 amide bonds. The lowest BCUT2D eigenvalue weighted by molar-refractivity contribution is -0.129. The van der Waals surface area contributed by atoms with Crippen molar-refractivity contribution in [3.8, 4) is 11.5 Å². The number of benzene rings is 1. The molecule has 2 heterocycles. The van der Waals surface area contributed by atoms with Gasteiger partial charge in [0.2, 0.25) is 12.7 Å². The molecule has 1 unspecified atom stereocenters. The Labute approximate surface area is 152 Å². The number of nitrogens with zero attached hydrogens (tertiary/aromatic N) is 3. The zero-order chi connectivity index (χ0) is 18.1. The highest BCUT2D eigenvalue weighted by Gasteiger charge is 2.25. The maximum Gasteiger partial charge on any atom is 0.243 e. The SMILES string of the molecule is CN(C)C(=O)Cn1cc2c(n1)C(NCc1cccc3c1OCO3)CCC2. The van der Waals surface area contributed by atoms with Gasteiger partial charge in [-0.15, -0.1) is 0 Å². The van der Waals surface area contributed by atoms with Crippen LogP contribution in [0.2, 0.25) is 0 Å². The molecule has 0 saturated heterocycles. The minimum absolute atomic E-state index is 0.0475. The number of ether oxygens (including phenoxy) is 2. The topological polar surface area (TPSA) is 68.6 Å². The van der Waals surface area contributed by atoms with Gasteiger partial charge in [-0.05, 0) is 30.9 Å². The molecule has 1 aromatic carbocycles. The van der Waals surface area contributed by atoms with Gasteiger partial charge in [-0.1, -0.05) is 12.1 Å². The fraction of sp³-hybridized carbons (Fsp3) is 0.474. The number of aromatic nitrogens is 2. The summed E-state index contributed by atoms with van der Waals surface area (Å²) in [6.07, 6.45) is 5.19. The molecule has 138 valence electrons. The lowest BCUT2D eigenvalue weighted by atomic mass is 9.93. The highest BCUT2D eigenvalue weighted by atomic mass is 16.7. The molecule has 7 nitrogen and oxygen atoms in total. The second kappa shape index (κ2) is 6.99. The second-order valence-electron chi connectivity index (χ2n) is 7.00. The van der Waals surface area contributed by atoms with Crippen molar-refractivity contribution in [2.24, 2.45) is 0 Å². The number of carbonyl (C=O) groups is 1. The first-order chi connectivity index (χ1) is 12.6. The third-order valence-electron chi connectivity index (χ3n) is 4.95. The van der Waals surface area contributed by atoms with Gasteiger partial charge in [0.1, 0.15) is 6.54 Å². The largest absolute Gasteiger partial charge is 0.454 e. The van der Waals surface area contributed by atoms with E-state index in [0.717, 1.165) is 42.0 Å².